The lowest BCUT2D eigenvalue weighted by molar-refractivity contribution is 0.191. The molecule has 1 aromatic heterocycles. The summed E-state index contributed by atoms with van der Waals surface area (Å²) in [5, 5.41) is 3.53. The topological polar surface area (TPSA) is 56.7 Å². The molecule has 0 aliphatic carbocycles. The van der Waals surface area contributed by atoms with Crippen molar-refractivity contribution in [2.75, 3.05) is 40.3 Å². The largest absolute Gasteiger partial charge is 0.366 e. The van der Waals surface area contributed by atoms with Crippen molar-refractivity contribution in [2.24, 2.45) is 4.99 Å². The van der Waals surface area contributed by atoms with Crippen molar-refractivity contribution in [1.29, 1.82) is 0 Å². The molecule has 3 rings (SSSR count). The molecule has 1 aromatic carbocycles. The Morgan fingerprint density at radius 3 is 2.61 bits per heavy atom. The standard InChI is InChI=1S/C22H30N6.H2/c1-17(2)5-8-21(28-13-11-27(4)12-14-28)22(23-3)26-16-18-6-7-19-20(15-18)25-10-9-24-19;/h6-10,15H,1,5,11-14,16H2,2-4H3,(H,23,26);1H/b21-8+;. The molecule has 28 heavy (non-hydrogen) atoms. The normalized spacial score (nSPS) is 16.5. The smallest absolute Gasteiger partial charge is 0.144 e. The third-order valence-corrected chi connectivity index (χ3v) is 4.95. The Morgan fingerprint density at radius 1 is 1.21 bits per heavy atom. The molecule has 0 unspecified atom stereocenters. The van der Waals surface area contributed by atoms with E-state index in [-0.39, 0.29) is 1.43 Å². The monoisotopic (exact) mass is 380 g/mol. The lowest BCUT2D eigenvalue weighted by Crippen LogP contribution is -2.46. The summed E-state index contributed by atoms with van der Waals surface area (Å²) in [6.07, 6.45) is 6.55. The molecule has 0 radical (unpaired) electrons. The van der Waals surface area contributed by atoms with E-state index in [1.165, 1.54) is 5.70 Å². The number of likely N-dealkylation sites (N-methyl/N-ethyl adjacent to an activating group) is 1. The predicted molar refractivity (Wildman–Crippen MR) is 118 cm³/mol. The highest BCUT2D eigenvalue weighted by Crippen LogP contribution is 2.15. The fourth-order valence-electron chi connectivity index (χ4n) is 3.28. The minimum atomic E-state index is 0. The number of amidine groups is 1. The van der Waals surface area contributed by atoms with Crippen LogP contribution in [-0.4, -0.2) is 65.9 Å². The second-order valence-electron chi connectivity index (χ2n) is 7.35. The van der Waals surface area contributed by atoms with E-state index in [0.717, 1.165) is 60.6 Å². The van der Waals surface area contributed by atoms with E-state index in [2.05, 4.69) is 68.8 Å². The molecule has 0 atom stereocenters. The van der Waals surface area contributed by atoms with Gasteiger partial charge in [0.05, 0.1) is 16.7 Å². The maximum absolute atomic E-state index is 4.56. The van der Waals surface area contributed by atoms with Crippen molar-refractivity contribution in [1.82, 2.24) is 25.1 Å². The number of rotatable bonds is 6. The van der Waals surface area contributed by atoms with Gasteiger partial charge in [-0.25, -0.2) is 0 Å². The van der Waals surface area contributed by atoms with Gasteiger partial charge in [-0.1, -0.05) is 24.3 Å². The Hall–Kier alpha value is -2.73. The third-order valence-electron chi connectivity index (χ3n) is 4.95. The van der Waals surface area contributed by atoms with Crippen LogP contribution in [0, 0.1) is 0 Å². The molecule has 0 amide bonds. The van der Waals surface area contributed by atoms with E-state index < -0.39 is 0 Å². The van der Waals surface area contributed by atoms with Crippen LogP contribution in [0.1, 0.15) is 20.3 Å². The zero-order valence-electron chi connectivity index (χ0n) is 17.1. The average Bonchev–Trinajstić information content (AvgIpc) is 2.71. The molecule has 6 heteroatoms. The molecule has 1 N–H and O–H groups in total. The predicted octanol–water partition coefficient (Wildman–Crippen LogP) is 3.09. The van der Waals surface area contributed by atoms with Gasteiger partial charge in [0.15, 0.2) is 0 Å². The maximum Gasteiger partial charge on any atom is 0.144 e. The Bertz CT molecular complexity index is 884. The van der Waals surface area contributed by atoms with Crippen molar-refractivity contribution in [3.05, 3.63) is 60.1 Å². The highest BCUT2D eigenvalue weighted by Gasteiger charge is 2.19. The van der Waals surface area contributed by atoms with Crippen LogP contribution in [0.3, 0.4) is 0 Å². The second kappa shape index (κ2) is 9.46. The summed E-state index contributed by atoms with van der Waals surface area (Å²) in [6, 6.07) is 6.18. The molecule has 150 valence electrons. The molecular weight excluding hydrogens is 348 g/mol. The zero-order chi connectivity index (χ0) is 19.9. The quantitative estimate of drug-likeness (QED) is 0.474. The Balaban J connectivity index is 0.00000300. The maximum atomic E-state index is 4.56. The highest BCUT2D eigenvalue weighted by atomic mass is 15.3. The van der Waals surface area contributed by atoms with Crippen LogP contribution in [0.15, 0.2) is 59.5 Å². The molecule has 0 saturated carbocycles. The van der Waals surface area contributed by atoms with Gasteiger partial charge in [-0.2, -0.15) is 0 Å². The van der Waals surface area contributed by atoms with E-state index >= 15 is 0 Å². The fraction of sp³-hybridized carbons (Fsp3) is 0.409. The van der Waals surface area contributed by atoms with Crippen LogP contribution < -0.4 is 5.32 Å². The van der Waals surface area contributed by atoms with Gasteiger partial charge in [0.2, 0.25) is 0 Å². The summed E-state index contributed by atoms with van der Waals surface area (Å²) < 4.78 is 0. The lowest BCUT2D eigenvalue weighted by atomic mass is 10.1. The molecule has 0 bridgehead atoms. The second-order valence-corrected chi connectivity index (χ2v) is 7.35. The highest BCUT2D eigenvalue weighted by molar-refractivity contribution is 5.97. The van der Waals surface area contributed by atoms with Gasteiger partial charge < -0.3 is 15.1 Å². The SMILES string of the molecule is C=C(C)C/C=C(\C(=NC)NCc1ccc2nccnc2c1)N1CCN(C)CC1.[HH]. The molecule has 1 saturated heterocycles. The summed E-state index contributed by atoms with van der Waals surface area (Å²) in [5.41, 5.74) is 5.30. The Morgan fingerprint density at radius 2 is 1.93 bits per heavy atom. The summed E-state index contributed by atoms with van der Waals surface area (Å²) in [5.74, 6) is 0.921. The van der Waals surface area contributed by atoms with E-state index in [1.54, 1.807) is 12.4 Å². The first-order valence-electron chi connectivity index (χ1n) is 9.75. The van der Waals surface area contributed by atoms with Crippen molar-refractivity contribution in [3.8, 4) is 0 Å². The van der Waals surface area contributed by atoms with Gasteiger partial charge in [-0.3, -0.25) is 15.0 Å². The number of fused-ring (bicyclic) bond motifs is 1. The van der Waals surface area contributed by atoms with Crippen molar-refractivity contribution in [3.63, 3.8) is 0 Å². The molecule has 2 aromatic rings. The molecule has 2 heterocycles. The first-order chi connectivity index (χ1) is 13.6. The number of benzene rings is 1. The number of nitrogens with zero attached hydrogens (tertiary/aromatic N) is 5. The first-order valence-corrected chi connectivity index (χ1v) is 9.75. The minimum Gasteiger partial charge on any atom is -0.366 e. The third kappa shape index (κ3) is 5.16. The van der Waals surface area contributed by atoms with Crippen LogP contribution in [0.25, 0.3) is 11.0 Å². The number of hydrogen-bond donors (Lipinski definition) is 1. The molecule has 0 spiro atoms. The molecule has 1 fully saturated rings. The van der Waals surface area contributed by atoms with Gasteiger partial charge in [0.25, 0.3) is 0 Å². The molecule has 6 nitrogen and oxygen atoms in total. The molecule has 1 aliphatic rings. The number of piperazine rings is 1. The van der Waals surface area contributed by atoms with Gasteiger partial charge >= 0.3 is 0 Å². The van der Waals surface area contributed by atoms with Crippen LogP contribution in [-0.2, 0) is 6.54 Å². The van der Waals surface area contributed by atoms with Gasteiger partial charge in [-0.05, 0) is 38.1 Å². The van der Waals surface area contributed by atoms with Gasteiger partial charge in [-0.15, -0.1) is 0 Å². The zero-order valence-corrected chi connectivity index (χ0v) is 17.1. The van der Waals surface area contributed by atoms with E-state index in [1.807, 2.05) is 13.1 Å². The fourth-order valence-corrected chi connectivity index (χ4v) is 3.28. The van der Waals surface area contributed by atoms with Crippen molar-refractivity contribution in [2.45, 2.75) is 19.9 Å². The summed E-state index contributed by atoms with van der Waals surface area (Å²) in [4.78, 5) is 18.1. The lowest BCUT2D eigenvalue weighted by Gasteiger charge is -2.36. The average molecular weight is 381 g/mol. The van der Waals surface area contributed by atoms with Crippen LogP contribution in [0.2, 0.25) is 0 Å². The Kier molecular flexibility index (Phi) is 6.76. The van der Waals surface area contributed by atoms with Crippen LogP contribution >= 0.6 is 0 Å². The number of aliphatic imine (C=N–C) groups is 1. The summed E-state index contributed by atoms with van der Waals surface area (Å²) >= 11 is 0. The minimum absolute atomic E-state index is 0. The molecular formula is C22H32N6. The first kappa shape index (κ1) is 20.0. The van der Waals surface area contributed by atoms with Crippen molar-refractivity contribution < 1.29 is 1.43 Å². The number of nitrogens with one attached hydrogen (secondary N) is 1. The van der Waals surface area contributed by atoms with Gasteiger partial charge in [0, 0.05) is 53.6 Å². The van der Waals surface area contributed by atoms with E-state index in [4.69, 9.17) is 0 Å². The van der Waals surface area contributed by atoms with Crippen LogP contribution in [0.4, 0.5) is 0 Å². The summed E-state index contributed by atoms with van der Waals surface area (Å²) in [7, 11) is 4.02. The van der Waals surface area contributed by atoms with Crippen molar-refractivity contribution >= 4 is 16.9 Å². The number of allylic oxidation sites excluding steroid dienone is 2. The van der Waals surface area contributed by atoms with Gasteiger partial charge in [0.1, 0.15) is 5.84 Å². The van der Waals surface area contributed by atoms with Crippen LogP contribution in [0.5, 0.6) is 0 Å². The molecule has 1 aliphatic heterocycles. The summed E-state index contributed by atoms with van der Waals surface area (Å²) in [6.45, 7) is 10.9. The number of aromatic nitrogens is 2. The van der Waals surface area contributed by atoms with E-state index in [0.29, 0.717) is 6.54 Å². The number of hydrogen-bond acceptors (Lipinski definition) is 5. The Labute approximate surface area is 169 Å². The van der Waals surface area contributed by atoms with E-state index in [9.17, 15) is 0 Å².